The van der Waals surface area contributed by atoms with Crippen molar-refractivity contribution in [3.05, 3.63) is 0 Å². The molecule has 1 aliphatic heterocycles. The third-order valence-corrected chi connectivity index (χ3v) is 5.13. The van der Waals surface area contributed by atoms with Crippen LogP contribution in [-0.2, 0) is 14.3 Å². The van der Waals surface area contributed by atoms with Gasteiger partial charge in [0.1, 0.15) is 5.78 Å². The van der Waals surface area contributed by atoms with Crippen molar-refractivity contribution in [3.63, 3.8) is 0 Å². The van der Waals surface area contributed by atoms with E-state index in [4.69, 9.17) is 4.74 Å². The molecule has 4 heteroatoms. The number of ketones is 1. The average molecular weight is 279 g/mol. The van der Waals surface area contributed by atoms with Crippen LogP contribution >= 0.6 is 0 Å². The molecule has 3 aliphatic rings. The Hall–Kier alpha value is -0.900. The van der Waals surface area contributed by atoms with Gasteiger partial charge in [-0.2, -0.15) is 0 Å². The summed E-state index contributed by atoms with van der Waals surface area (Å²) in [6.45, 7) is 5.44. The number of hydrogen-bond acceptors (Lipinski definition) is 3. The highest BCUT2D eigenvalue weighted by atomic mass is 16.5. The van der Waals surface area contributed by atoms with Crippen molar-refractivity contribution in [3.8, 4) is 0 Å². The van der Waals surface area contributed by atoms with Gasteiger partial charge in [0.15, 0.2) is 0 Å². The lowest BCUT2D eigenvalue weighted by molar-refractivity contribution is -0.152. The highest BCUT2D eigenvalue weighted by Crippen LogP contribution is 2.40. The zero-order valence-corrected chi connectivity index (χ0v) is 12.5. The van der Waals surface area contributed by atoms with Crippen LogP contribution in [0.25, 0.3) is 0 Å². The minimum Gasteiger partial charge on any atom is -0.372 e. The molecule has 2 saturated carbocycles. The summed E-state index contributed by atoms with van der Waals surface area (Å²) >= 11 is 0. The molecule has 1 amide bonds. The molecule has 3 rings (SSSR count). The summed E-state index contributed by atoms with van der Waals surface area (Å²) in [5.41, 5.74) is 0. The monoisotopic (exact) mass is 279 g/mol. The van der Waals surface area contributed by atoms with Gasteiger partial charge >= 0.3 is 0 Å². The number of fused-ring (bicyclic) bond motifs is 2. The van der Waals surface area contributed by atoms with Gasteiger partial charge in [-0.3, -0.25) is 9.59 Å². The third-order valence-electron chi connectivity index (χ3n) is 5.13. The number of ether oxygens (including phenoxy) is 1. The molecule has 4 nitrogen and oxygen atoms in total. The van der Waals surface area contributed by atoms with Crippen LogP contribution < -0.4 is 0 Å². The predicted molar refractivity (Wildman–Crippen MR) is 75.2 cm³/mol. The smallest absolute Gasteiger partial charge is 0.225 e. The van der Waals surface area contributed by atoms with Crippen molar-refractivity contribution in [1.82, 2.24) is 4.90 Å². The molecule has 0 aromatic rings. The summed E-state index contributed by atoms with van der Waals surface area (Å²) in [6, 6.07) is 0. The summed E-state index contributed by atoms with van der Waals surface area (Å²) in [6.07, 6.45) is 4.96. The minimum atomic E-state index is 0.0699. The van der Waals surface area contributed by atoms with Crippen molar-refractivity contribution in [2.24, 2.45) is 17.8 Å². The van der Waals surface area contributed by atoms with Gasteiger partial charge in [0, 0.05) is 30.8 Å². The second kappa shape index (κ2) is 5.47. The number of amides is 1. The lowest BCUT2D eigenvalue weighted by atomic mass is 9.67. The Morgan fingerprint density at radius 1 is 1.10 bits per heavy atom. The largest absolute Gasteiger partial charge is 0.372 e. The van der Waals surface area contributed by atoms with E-state index in [0.717, 1.165) is 32.1 Å². The molecule has 0 radical (unpaired) electrons. The molecule has 5 atom stereocenters. The fourth-order valence-corrected chi connectivity index (χ4v) is 4.30. The van der Waals surface area contributed by atoms with E-state index >= 15 is 0 Å². The molecule has 0 spiro atoms. The molecular formula is C16H25NO3. The van der Waals surface area contributed by atoms with Crippen LogP contribution in [-0.4, -0.2) is 41.9 Å². The number of carbonyl (C=O) groups is 2. The van der Waals surface area contributed by atoms with Crippen LogP contribution in [0.1, 0.15) is 46.0 Å². The Morgan fingerprint density at radius 3 is 2.20 bits per heavy atom. The molecule has 2 bridgehead atoms. The average Bonchev–Trinajstić information content (AvgIpc) is 2.36. The van der Waals surface area contributed by atoms with Gasteiger partial charge in [-0.15, -0.1) is 0 Å². The van der Waals surface area contributed by atoms with E-state index in [1.165, 1.54) is 0 Å². The number of morpholine rings is 1. The van der Waals surface area contributed by atoms with Gasteiger partial charge in [-0.1, -0.05) is 6.42 Å². The molecule has 2 aliphatic carbocycles. The van der Waals surface area contributed by atoms with E-state index in [1.807, 2.05) is 18.7 Å². The van der Waals surface area contributed by atoms with Crippen molar-refractivity contribution in [1.29, 1.82) is 0 Å². The third kappa shape index (κ3) is 2.62. The van der Waals surface area contributed by atoms with E-state index in [1.54, 1.807) is 0 Å². The Kier molecular flexibility index (Phi) is 3.85. The van der Waals surface area contributed by atoms with Gasteiger partial charge in [0.05, 0.1) is 12.2 Å². The van der Waals surface area contributed by atoms with Gasteiger partial charge in [-0.05, 0) is 39.5 Å². The number of nitrogens with zero attached hydrogens (tertiary/aromatic N) is 1. The lowest BCUT2D eigenvalue weighted by Gasteiger charge is -2.41. The molecule has 3 fully saturated rings. The van der Waals surface area contributed by atoms with E-state index in [9.17, 15) is 9.59 Å². The molecule has 1 saturated heterocycles. The maximum atomic E-state index is 12.7. The van der Waals surface area contributed by atoms with Crippen LogP contribution in [0.15, 0.2) is 0 Å². The summed E-state index contributed by atoms with van der Waals surface area (Å²) in [5, 5.41) is 0. The minimum absolute atomic E-state index is 0.0699. The second-order valence-corrected chi connectivity index (χ2v) is 6.90. The SMILES string of the molecule is C[C@@H]1CN(C(=O)C2C[C@H]3CCC[C@@H](C2)C3=O)C[C@@H](C)O1. The summed E-state index contributed by atoms with van der Waals surface area (Å²) in [5.74, 6) is 1.08. The fraction of sp³-hybridized carbons (Fsp3) is 0.875. The quantitative estimate of drug-likeness (QED) is 0.737. The number of Topliss-reactive ketones (excluding diaryl/α,β-unsaturated/α-hetero) is 1. The highest BCUT2D eigenvalue weighted by molar-refractivity contribution is 5.88. The molecule has 1 unspecified atom stereocenters. The van der Waals surface area contributed by atoms with Crippen LogP contribution in [0, 0.1) is 17.8 Å². The first-order valence-electron chi connectivity index (χ1n) is 8.02. The topological polar surface area (TPSA) is 46.6 Å². The first kappa shape index (κ1) is 14.1. The maximum Gasteiger partial charge on any atom is 0.225 e. The second-order valence-electron chi connectivity index (χ2n) is 6.90. The summed E-state index contributed by atoms with van der Waals surface area (Å²) < 4.78 is 5.70. The fourth-order valence-electron chi connectivity index (χ4n) is 4.30. The van der Waals surface area contributed by atoms with E-state index in [2.05, 4.69) is 0 Å². The highest BCUT2D eigenvalue weighted by Gasteiger charge is 2.43. The molecule has 0 aromatic heterocycles. The Bertz CT molecular complexity index is 383. The van der Waals surface area contributed by atoms with E-state index < -0.39 is 0 Å². The zero-order valence-electron chi connectivity index (χ0n) is 12.5. The summed E-state index contributed by atoms with van der Waals surface area (Å²) in [7, 11) is 0. The Balaban J connectivity index is 1.67. The van der Waals surface area contributed by atoms with Crippen molar-refractivity contribution < 1.29 is 14.3 Å². The normalized spacial score (nSPS) is 41.6. The molecule has 0 aromatic carbocycles. The molecule has 112 valence electrons. The van der Waals surface area contributed by atoms with Gasteiger partial charge in [0.25, 0.3) is 0 Å². The first-order valence-corrected chi connectivity index (χ1v) is 8.02. The lowest BCUT2D eigenvalue weighted by Crippen LogP contribution is -2.52. The van der Waals surface area contributed by atoms with Crippen LogP contribution in [0.4, 0.5) is 0 Å². The van der Waals surface area contributed by atoms with Crippen molar-refractivity contribution in [2.45, 2.75) is 58.2 Å². The molecular weight excluding hydrogens is 254 g/mol. The van der Waals surface area contributed by atoms with Crippen molar-refractivity contribution in [2.75, 3.05) is 13.1 Å². The zero-order chi connectivity index (χ0) is 14.3. The predicted octanol–water partition coefficient (Wildman–Crippen LogP) is 2.02. The molecule has 0 N–H and O–H groups in total. The van der Waals surface area contributed by atoms with E-state index in [0.29, 0.717) is 18.9 Å². The summed E-state index contributed by atoms with van der Waals surface area (Å²) in [4.78, 5) is 26.8. The maximum absolute atomic E-state index is 12.7. The van der Waals surface area contributed by atoms with Crippen LogP contribution in [0.3, 0.4) is 0 Å². The molecule has 20 heavy (non-hydrogen) atoms. The number of carbonyl (C=O) groups excluding carboxylic acids is 2. The van der Waals surface area contributed by atoms with Gasteiger partial charge in [-0.25, -0.2) is 0 Å². The van der Waals surface area contributed by atoms with Crippen molar-refractivity contribution >= 4 is 11.7 Å². The van der Waals surface area contributed by atoms with E-state index in [-0.39, 0.29) is 35.9 Å². The number of rotatable bonds is 1. The van der Waals surface area contributed by atoms with Crippen LogP contribution in [0.2, 0.25) is 0 Å². The number of hydrogen-bond donors (Lipinski definition) is 0. The Morgan fingerprint density at radius 2 is 1.65 bits per heavy atom. The Labute approximate surface area is 120 Å². The van der Waals surface area contributed by atoms with Gasteiger partial charge in [0.2, 0.25) is 5.91 Å². The first-order chi connectivity index (χ1) is 9.54. The van der Waals surface area contributed by atoms with Gasteiger partial charge < -0.3 is 9.64 Å². The standard InChI is InChI=1S/C16H25NO3/c1-10-8-17(9-11(2)20-10)16(19)14-6-12-4-3-5-13(7-14)15(12)18/h10-14H,3-9H2,1-2H3/t10-,11-,12-,13+,14?/m1/s1. The van der Waals surface area contributed by atoms with Crippen LogP contribution in [0.5, 0.6) is 0 Å². The molecule has 1 heterocycles.